The first-order chi connectivity index (χ1) is 9.17. The number of ether oxygens (including phenoxy) is 1. The van der Waals surface area contributed by atoms with Gasteiger partial charge in [0.15, 0.2) is 11.6 Å². The zero-order chi connectivity index (χ0) is 13.8. The average Bonchev–Trinajstić information content (AvgIpc) is 2.36. The number of nitrogens with zero attached hydrogens (tertiary/aromatic N) is 1. The molecule has 0 radical (unpaired) electrons. The van der Waals surface area contributed by atoms with Crippen LogP contribution in [0.3, 0.4) is 0 Å². The van der Waals surface area contributed by atoms with Crippen molar-refractivity contribution in [3.63, 3.8) is 0 Å². The maximum atomic E-state index is 13.3. The van der Waals surface area contributed by atoms with Crippen LogP contribution in [0, 0.1) is 5.82 Å². The largest absolute Gasteiger partial charge is 0.494 e. The predicted molar refractivity (Wildman–Crippen MR) is 68.7 cm³/mol. The Balaban J connectivity index is 2.20. The molecule has 1 fully saturated rings. The van der Waals surface area contributed by atoms with Crippen LogP contribution in [0.5, 0.6) is 5.75 Å². The van der Waals surface area contributed by atoms with Crippen LogP contribution in [0.15, 0.2) is 18.2 Å². The van der Waals surface area contributed by atoms with Crippen LogP contribution in [-0.4, -0.2) is 42.2 Å². The number of amides is 1. The Morgan fingerprint density at radius 1 is 1.53 bits per heavy atom. The summed E-state index contributed by atoms with van der Waals surface area (Å²) in [5.74, 6) is -0.614. The normalized spacial score (nSPS) is 14.9. The number of aliphatic hydroxyl groups is 1. The van der Waals surface area contributed by atoms with Gasteiger partial charge in [0.1, 0.15) is 0 Å². The van der Waals surface area contributed by atoms with Crippen LogP contribution in [-0.2, 0) is 0 Å². The Labute approximate surface area is 111 Å². The summed E-state index contributed by atoms with van der Waals surface area (Å²) in [6.07, 6.45) is 3.03. The summed E-state index contributed by atoms with van der Waals surface area (Å²) in [5.41, 5.74) is 0.388. The maximum absolute atomic E-state index is 13.3. The lowest BCUT2D eigenvalue weighted by Gasteiger charge is -2.37. The minimum Gasteiger partial charge on any atom is -0.494 e. The molecule has 104 valence electrons. The van der Waals surface area contributed by atoms with Gasteiger partial charge < -0.3 is 14.7 Å². The molecule has 0 aromatic heterocycles. The molecule has 1 aromatic rings. The number of aliphatic hydroxyl groups excluding tert-OH is 1. The molecule has 1 N–H and O–H groups in total. The minimum absolute atomic E-state index is 0.0587. The number of rotatable bonds is 5. The summed E-state index contributed by atoms with van der Waals surface area (Å²) < 4.78 is 18.2. The Morgan fingerprint density at radius 3 is 2.79 bits per heavy atom. The van der Waals surface area contributed by atoms with E-state index in [2.05, 4.69) is 0 Å². The van der Waals surface area contributed by atoms with Gasteiger partial charge >= 0.3 is 0 Å². The lowest BCUT2D eigenvalue weighted by Crippen LogP contribution is -2.45. The first kappa shape index (κ1) is 13.8. The van der Waals surface area contributed by atoms with Crippen LogP contribution < -0.4 is 4.74 Å². The number of hydrogen-bond acceptors (Lipinski definition) is 3. The third kappa shape index (κ3) is 2.87. The highest BCUT2D eigenvalue weighted by Gasteiger charge is 2.29. The van der Waals surface area contributed by atoms with E-state index in [9.17, 15) is 9.18 Å². The number of hydrogen-bond donors (Lipinski definition) is 1. The zero-order valence-electron chi connectivity index (χ0n) is 10.9. The van der Waals surface area contributed by atoms with Gasteiger partial charge in [0.2, 0.25) is 0 Å². The lowest BCUT2D eigenvalue weighted by atomic mass is 9.91. The molecule has 0 heterocycles. The van der Waals surface area contributed by atoms with Crippen molar-refractivity contribution in [2.24, 2.45) is 0 Å². The molecule has 0 aliphatic heterocycles. The van der Waals surface area contributed by atoms with Crippen LogP contribution >= 0.6 is 0 Å². The summed E-state index contributed by atoms with van der Waals surface area (Å²) in [4.78, 5) is 14.0. The quantitative estimate of drug-likeness (QED) is 0.885. The number of methoxy groups -OCH3 is 1. The van der Waals surface area contributed by atoms with Crippen molar-refractivity contribution in [3.05, 3.63) is 29.6 Å². The molecule has 0 saturated heterocycles. The second-order valence-electron chi connectivity index (χ2n) is 4.66. The molecule has 1 aliphatic rings. The van der Waals surface area contributed by atoms with Crippen LogP contribution in [0.4, 0.5) is 4.39 Å². The number of halogens is 1. The highest BCUT2D eigenvalue weighted by molar-refractivity contribution is 5.95. The van der Waals surface area contributed by atoms with E-state index in [1.54, 1.807) is 4.90 Å². The first-order valence-electron chi connectivity index (χ1n) is 6.42. The summed E-state index contributed by atoms with van der Waals surface area (Å²) in [7, 11) is 1.37. The third-order valence-corrected chi connectivity index (χ3v) is 3.52. The van der Waals surface area contributed by atoms with Gasteiger partial charge in [-0.2, -0.15) is 0 Å². The summed E-state index contributed by atoms with van der Waals surface area (Å²) in [5, 5.41) is 9.07. The Hall–Kier alpha value is -1.62. The zero-order valence-corrected chi connectivity index (χ0v) is 10.9. The van der Waals surface area contributed by atoms with Gasteiger partial charge in [-0.05, 0) is 37.5 Å². The third-order valence-electron chi connectivity index (χ3n) is 3.52. The number of carbonyl (C=O) groups excluding carboxylic acids is 1. The summed E-state index contributed by atoms with van der Waals surface area (Å²) in [6, 6.07) is 4.27. The van der Waals surface area contributed by atoms with E-state index < -0.39 is 5.82 Å². The van der Waals surface area contributed by atoms with E-state index in [1.165, 1.54) is 25.3 Å². The maximum Gasteiger partial charge on any atom is 0.254 e. The Bertz CT molecular complexity index is 460. The van der Waals surface area contributed by atoms with Crippen molar-refractivity contribution in [1.82, 2.24) is 4.90 Å². The molecule has 1 aromatic carbocycles. The van der Waals surface area contributed by atoms with E-state index in [4.69, 9.17) is 9.84 Å². The molecule has 1 amide bonds. The molecule has 0 unspecified atom stereocenters. The molecule has 0 bridgehead atoms. The van der Waals surface area contributed by atoms with Gasteiger partial charge in [0, 0.05) is 18.2 Å². The predicted octanol–water partition coefficient (Wildman–Crippen LogP) is 1.82. The fourth-order valence-corrected chi connectivity index (χ4v) is 2.21. The van der Waals surface area contributed by atoms with E-state index in [0.717, 1.165) is 19.3 Å². The summed E-state index contributed by atoms with van der Waals surface area (Å²) in [6.45, 7) is 0.240. The van der Waals surface area contributed by atoms with Gasteiger partial charge in [-0.1, -0.05) is 0 Å². The van der Waals surface area contributed by atoms with Crippen molar-refractivity contribution >= 4 is 5.91 Å². The van der Waals surface area contributed by atoms with Crippen LogP contribution in [0.2, 0.25) is 0 Å². The van der Waals surface area contributed by atoms with Crippen molar-refractivity contribution in [1.29, 1.82) is 0 Å². The highest BCUT2D eigenvalue weighted by Crippen LogP contribution is 2.27. The van der Waals surface area contributed by atoms with Gasteiger partial charge in [-0.25, -0.2) is 4.39 Å². The topological polar surface area (TPSA) is 49.8 Å². The van der Waals surface area contributed by atoms with Gasteiger partial charge in [0.25, 0.3) is 5.91 Å². The molecular weight excluding hydrogens is 249 g/mol. The smallest absolute Gasteiger partial charge is 0.254 e. The van der Waals surface area contributed by atoms with E-state index >= 15 is 0 Å². The molecule has 0 spiro atoms. The molecule has 4 nitrogen and oxygen atoms in total. The van der Waals surface area contributed by atoms with Crippen LogP contribution in [0.25, 0.3) is 0 Å². The van der Waals surface area contributed by atoms with Crippen molar-refractivity contribution in [2.75, 3.05) is 20.3 Å². The lowest BCUT2D eigenvalue weighted by molar-refractivity contribution is 0.0525. The molecule has 2 rings (SSSR count). The molecule has 1 saturated carbocycles. The second kappa shape index (κ2) is 6.02. The van der Waals surface area contributed by atoms with Crippen molar-refractivity contribution < 1.29 is 19.0 Å². The van der Waals surface area contributed by atoms with Gasteiger partial charge in [0.05, 0.1) is 13.7 Å². The number of benzene rings is 1. The van der Waals surface area contributed by atoms with Gasteiger partial charge in [-0.15, -0.1) is 0 Å². The standard InChI is InChI=1S/C14H18FNO3/c1-19-13-9-10(5-6-12(13)15)14(18)16(7-8-17)11-3-2-4-11/h5-6,9,11,17H,2-4,7-8H2,1H3. The van der Waals surface area contributed by atoms with Crippen LogP contribution in [0.1, 0.15) is 29.6 Å². The van der Waals surface area contributed by atoms with E-state index in [1.807, 2.05) is 0 Å². The molecule has 19 heavy (non-hydrogen) atoms. The number of carbonyl (C=O) groups is 1. The second-order valence-corrected chi connectivity index (χ2v) is 4.66. The van der Waals surface area contributed by atoms with E-state index in [0.29, 0.717) is 12.1 Å². The molecule has 1 aliphatic carbocycles. The molecule has 5 heteroatoms. The average molecular weight is 267 g/mol. The van der Waals surface area contributed by atoms with E-state index in [-0.39, 0.29) is 24.3 Å². The fraction of sp³-hybridized carbons (Fsp3) is 0.500. The fourth-order valence-electron chi connectivity index (χ4n) is 2.21. The minimum atomic E-state index is -0.489. The molecular formula is C14H18FNO3. The monoisotopic (exact) mass is 267 g/mol. The molecule has 0 atom stereocenters. The van der Waals surface area contributed by atoms with Gasteiger partial charge in [-0.3, -0.25) is 4.79 Å². The Kier molecular flexibility index (Phi) is 4.37. The Morgan fingerprint density at radius 2 is 2.26 bits per heavy atom. The summed E-state index contributed by atoms with van der Waals surface area (Å²) >= 11 is 0. The SMILES string of the molecule is COc1cc(C(=O)N(CCO)C2CCC2)ccc1F. The van der Waals surface area contributed by atoms with Crippen molar-refractivity contribution in [2.45, 2.75) is 25.3 Å². The first-order valence-corrected chi connectivity index (χ1v) is 6.42. The highest BCUT2D eigenvalue weighted by atomic mass is 19.1. The van der Waals surface area contributed by atoms with Crippen molar-refractivity contribution in [3.8, 4) is 5.75 Å².